The van der Waals surface area contributed by atoms with Crippen LogP contribution in [0.25, 0.3) is 0 Å². The molecule has 2 atom stereocenters. The number of nitrogens with two attached hydrogens (primary N) is 1. The van der Waals surface area contributed by atoms with Gasteiger partial charge in [0.25, 0.3) is 0 Å². The second-order valence-electron chi connectivity index (χ2n) is 5.20. The average Bonchev–Trinajstić information content (AvgIpc) is 2.89. The van der Waals surface area contributed by atoms with Crippen LogP contribution in [0.15, 0.2) is 18.2 Å². The maximum absolute atomic E-state index is 12.6. The van der Waals surface area contributed by atoms with Gasteiger partial charge in [-0.05, 0) is 30.2 Å². The summed E-state index contributed by atoms with van der Waals surface area (Å²) in [5.74, 6) is -0.168. The number of benzene rings is 1. The Morgan fingerprint density at radius 3 is 2.86 bits per heavy atom. The number of nitrogens with one attached hydrogen (secondary N) is 1. The Labute approximate surface area is 139 Å². The summed E-state index contributed by atoms with van der Waals surface area (Å²) >= 11 is 11.6. The number of hydrogen-bond donors (Lipinski definition) is 2. The fourth-order valence-electron chi connectivity index (χ4n) is 2.54. The molecule has 1 aliphatic heterocycles. The molecule has 0 unspecified atom stereocenters. The number of fused-ring (bicyclic) bond motifs is 1. The zero-order valence-corrected chi connectivity index (χ0v) is 13.8. The molecule has 0 spiro atoms. The summed E-state index contributed by atoms with van der Waals surface area (Å²) in [7, 11) is 0. The molecule has 3 N–H and O–H groups in total. The van der Waals surface area contributed by atoms with Gasteiger partial charge < -0.3 is 11.1 Å². The second-order valence-corrected chi connectivity index (χ2v) is 6.01. The highest BCUT2D eigenvalue weighted by Gasteiger charge is 2.39. The van der Waals surface area contributed by atoms with Crippen LogP contribution in [-0.2, 0) is 16.0 Å². The highest BCUT2D eigenvalue weighted by atomic mass is 35.5. The number of alkyl halides is 1. The number of carbonyl (C=O) groups excluding carboxylic acids is 2. The monoisotopic (exact) mass is 343 g/mol. The third-order valence-corrected chi connectivity index (χ3v) is 4.14. The predicted octanol–water partition coefficient (Wildman–Crippen LogP) is 1.69. The van der Waals surface area contributed by atoms with E-state index in [1.165, 1.54) is 4.90 Å². The summed E-state index contributed by atoms with van der Waals surface area (Å²) in [6.07, 6.45) is 0.931. The van der Waals surface area contributed by atoms with Crippen LogP contribution < -0.4 is 16.0 Å². The van der Waals surface area contributed by atoms with Gasteiger partial charge in [0.2, 0.25) is 11.8 Å². The number of hydrogen-bond acceptors (Lipinski definition) is 3. The van der Waals surface area contributed by atoms with E-state index >= 15 is 0 Å². The highest BCUT2D eigenvalue weighted by Crippen LogP contribution is 2.34. The lowest BCUT2D eigenvalue weighted by Crippen LogP contribution is -2.53. The number of anilines is 1. The average molecular weight is 344 g/mol. The van der Waals surface area contributed by atoms with Crippen molar-refractivity contribution in [2.45, 2.75) is 31.8 Å². The first-order chi connectivity index (χ1) is 10.5. The van der Waals surface area contributed by atoms with Crippen molar-refractivity contribution in [1.29, 1.82) is 0 Å². The van der Waals surface area contributed by atoms with Gasteiger partial charge in [-0.1, -0.05) is 18.5 Å². The van der Waals surface area contributed by atoms with Crippen molar-refractivity contribution in [2.75, 3.05) is 17.3 Å². The Morgan fingerprint density at radius 1 is 1.50 bits per heavy atom. The molecule has 0 aromatic heterocycles. The van der Waals surface area contributed by atoms with Gasteiger partial charge in [-0.2, -0.15) is 0 Å². The van der Waals surface area contributed by atoms with E-state index in [0.717, 1.165) is 5.56 Å². The van der Waals surface area contributed by atoms with Gasteiger partial charge in [0.05, 0.1) is 6.04 Å². The van der Waals surface area contributed by atoms with Crippen LogP contribution in [0.2, 0.25) is 5.02 Å². The van der Waals surface area contributed by atoms with Crippen molar-refractivity contribution >= 4 is 40.7 Å². The molecular weight excluding hydrogens is 325 g/mol. The summed E-state index contributed by atoms with van der Waals surface area (Å²) in [6, 6.07) is 4.00. The molecule has 0 fully saturated rings. The normalized spacial score (nSPS) is 18.0. The summed E-state index contributed by atoms with van der Waals surface area (Å²) in [5, 5.41) is 3.30. The Balaban J connectivity index is 2.33. The van der Waals surface area contributed by atoms with Crippen LogP contribution in [0.4, 0.5) is 5.69 Å². The Morgan fingerprint density at radius 2 is 2.23 bits per heavy atom. The Kier molecular flexibility index (Phi) is 5.67. The van der Waals surface area contributed by atoms with E-state index in [-0.39, 0.29) is 11.8 Å². The van der Waals surface area contributed by atoms with E-state index in [0.29, 0.717) is 36.0 Å². The van der Waals surface area contributed by atoms with Gasteiger partial charge in [-0.15, -0.1) is 11.6 Å². The molecule has 1 aliphatic rings. The minimum Gasteiger partial charge on any atom is -0.353 e. The van der Waals surface area contributed by atoms with E-state index in [1.54, 1.807) is 18.2 Å². The maximum atomic E-state index is 12.6. The van der Waals surface area contributed by atoms with Gasteiger partial charge in [0.1, 0.15) is 6.04 Å². The SMILES string of the molecule is CC[C@H](N)C(=O)N1c2ccc(Cl)cc2C[C@H]1C(=O)NCCCl. The standard InChI is InChI=1S/C15H19Cl2N3O2/c1-2-11(18)15(22)20-12-4-3-10(17)7-9(12)8-13(20)14(21)19-6-5-16/h3-4,7,11,13H,2,5-6,8,18H2,1H3,(H,19,21)/t11-,13-/m0/s1. The van der Waals surface area contributed by atoms with Crippen molar-refractivity contribution in [3.05, 3.63) is 28.8 Å². The van der Waals surface area contributed by atoms with Gasteiger partial charge >= 0.3 is 0 Å². The van der Waals surface area contributed by atoms with Crippen LogP contribution in [0.3, 0.4) is 0 Å². The number of carbonyl (C=O) groups is 2. The van der Waals surface area contributed by atoms with Crippen LogP contribution in [0.5, 0.6) is 0 Å². The number of halogens is 2. The van der Waals surface area contributed by atoms with Crippen LogP contribution in [0.1, 0.15) is 18.9 Å². The third kappa shape index (κ3) is 3.37. The maximum Gasteiger partial charge on any atom is 0.244 e. The first-order valence-corrected chi connectivity index (χ1v) is 8.11. The van der Waals surface area contributed by atoms with Crippen LogP contribution in [-0.4, -0.2) is 36.3 Å². The molecule has 7 heteroatoms. The second kappa shape index (κ2) is 7.31. The van der Waals surface area contributed by atoms with E-state index in [1.807, 2.05) is 6.92 Å². The molecule has 0 bridgehead atoms. The fraction of sp³-hybridized carbons (Fsp3) is 0.467. The molecule has 0 radical (unpaired) electrons. The van der Waals surface area contributed by atoms with Crippen molar-refractivity contribution in [1.82, 2.24) is 5.32 Å². The van der Waals surface area contributed by atoms with E-state index in [2.05, 4.69) is 5.32 Å². The lowest BCUT2D eigenvalue weighted by Gasteiger charge is -2.27. The topological polar surface area (TPSA) is 75.4 Å². The number of rotatable bonds is 5. The molecule has 5 nitrogen and oxygen atoms in total. The van der Waals surface area contributed by atoms with Crippen LogP contribution >= 0.6 is 23.2 Å². The lowest BCUT2D eigenvalue weighted by atomic mass is 10.1. The van der Waals surface area contributed by atoms with Gasteiger partial charge in [0.15, 0.2) is 0 Å². The minimum absolute atomic E-state index is 0.232. The molecule has 22 heavy (non-hydrogen) atoms. The van der Waals surface area contributed by atoms with Crippen molar-refractivity contribution in [2.24, 2.45) is 5.73 Å². The van der Waals surface area contributed by atoms with E-state index < -0.39 is 12.1 Å². The Hall–Kier alpha value is -1.30. The zero-order chi connectivity index (χ0) is 16.3. The van der Waals surface area contributed by atoms with E-state index in [9.17, 15) is 9.59 Å². The first-order valence-electron chi connectivity index (χ1n) is 7.20. The molecule has 0 saturated carbocycles. The smallest absolute Gasteiger partial charge is 0.244 e. The number of nitrogens with zero attached hydrogens (tertiary/aromatic N) is 1. The quantitative estimate of drug-likeness (QED) is 0.798. The summed E-state index contributed by atoms with van der Waals surface area (Å²) in [5.41, 5.74) is 7.44. The largest absolute Gasteiger partial charge is 0.353 e. The first kappa shape index (κ1) is 17.1. The van der Waals surface area contributed by atoms with E-state index in [4.69, 9.17) is 28.9 Å². The molecule has 0 aliphatic carbocycles. The Bertz CT molecular complexity index is 580. The summed E-state index contributed by atoms with van der Waals surface area (Å²) in [6.45, 7) is 2.19. The third-order valence-electron chi connectivity index (χ3n) is 3.72. The molecule has 0 saturated heterocycles. The lowest BCUT2D eigenvalue weighted by molar-refractivity contribution is -0.126. The molecule has 2 amide bonds. The predicted molar refractivity (Wildman–Crippen MR) is 88.4 cm³/mol. The number of amides is 2. The van der Waals surface area contributed by atoms with Gasteiger partial charge in [-0.25, -0.2) is 0 Å². The highest BCUT2D eigenvalue weighted by molar-refractivity contribution is 6.30. The molecule has 2 rings (SSSR count). The van der Waals surface area contributed by atoms with Crippen molar-refractivity contribution in [3.8, 4) is 0 Å². The molecule has 1 aromatic carbocycles. The molecule has 1 aromatic rings. The molecule has 120 valence electrons. The minimum atomic E-state index is -0.634. The zero-order valence-electron chi connectivity index (χ0n) is 12.3. The van der Waals surface area contributed by atoms with Crippen molar-refractivity contribution in [3.63, 3.8) is 0 Å². The van der Waals surface area contributed by atoms with Gasteiger partial charge in [-0.3, -0.25) is 14.5 Å². The molecule has 1 heterocycles. The van der Waals surface area contributed by atoms with Crippen molar-refractivity contribution < 1.29 is 9.59 Å². The molecular formula is C15H19Cl2N3O2. The van der Waals surface area contributed by atoms with Crippen LogP contribution in [0, 0.1) is 0 Å². The van der Waals surface area contributed by atoms with Gasteiger partial charge in [0, 0.05) is 29.6 Å². The fourth-order valence-corrected chi connectivity index (χ4v) is 2.83. The summed E-state index contributed by atoms with van der Waals surface area (Å²) in [4.78, 5) is 26.4. The summed E-state index contributed by atoms with van der Waals surface area (Å²) < 4.78 is 0.